The van der Waals surface area contributed by atoms with Gasteiger partial charge in [-0.1, -0.05) is 11.6 Å². The molecule has 1 heteroatoms. The Morgan fingerprint density at radius 1 is 1.67 bits per heavy atom. The first-order valence-corrected chi connectivity index (χ1v) is 3.50. The molecular formula is C8H14O. The van der Waals surface area contributed by atoms with Crippen LogP contribution in [0, 0.1) is 11.8 Å². The van der Waals surface area contributed by atoms with Crippen molar-refractivity contribution in [3.63, 3.8) is 0 Å². The Morgan fingerprint density at radius 2 is 2.33 bits per heavy atom. The first kappa shape index (κ1) is 6.81. The summed E-state index contributed by atoms with van der Waals surface area (Å²) in [7, 11) is 0. The van der Waals surface area contributed by atoms with Gasteiger partial charge >= 0.3 is 0 Å². The minimum absolute atomic E-state index is 0.369. The van der Waals surface area contributed by atoms with Crippen molar-refractivity contribution in [1.29, 1.82) is 0 Å². The van der Waals surface area contributed by atoms with E-state index in [9.17, 15) is 0 Å². The fourth-order valence-corrected chi connectivity index (χ4v) is 1.11. The lowest BCUT2D eigenvalue weighted by atomic mass is 10.2. The van der Waals surface area contributed by atoms with Gasteiger partial charge in [-0.05, 0) is 32.1 Å². The second-order valence-corrected chi connectivity index (χ2v) is 3.09. The molecule has 1 N–H and O–H groups in total. The molecule has 0 amide bonds. The standard InChI is InChI=1S/C8H14O/c1-6(2)3-7-4-8(7)5-9/h3,7-9H,4-5H2,1-2H3/t7-,8?/m1/s1. The van der Waals surface area contributed by atoms with Crippen molar-refractivity contribution in [3.8, 4) is 0 Å². The third kappa shape index (κ3) is 1.83. The summed E-state index contributed by atoms with van der Waals surface area (Å²) in [5.74, 6) is 1.28. The Kier molecular flexibility index (Phi) is 1.91. The molecule has 1 saturated carbocycles. The number of hydrogen-bond donors (Lipinski definition) is 1. The van der Waals surface area contributed by atoms with Gasteiger partial charge in [0.2, 0.25) is 0 Å². The van der Waals surface area contributed by atoms with E-state index in [0.717, 1.165) is 0 Å². The van der Waals surface area contributed by atoms with Crippen LogP contribution in [0.25, 0.3) is 0 Å². The Bertz CT molecular complexity index is 123. The van der Waals surface area contributed by atoms with Gasteiger partial charge in [0, 0.05) is 6.61 Å². The molecule has 2 atom stereocenters. The summed E-state index contributed by atoms with van der Waals surface area (Å²) in [6, 6.07) is 0. The van der Waals surface area contributed by atoms with Crippen molar-refractivity contribution < 1.29 is 5.11 Å². The third-order valence-corrected chi connectivity index (χ3v) is 1.76. The highest BCUT2D eigenvalue weighted by molar-refractivity contribution is 5.06. The van der Waals surface area contributed by atoms with Crippen molar-refractivity contribution in [2.75, 3.05) is 6.61 Å². The van der Waals surface area contributed by atoms with Gasteiger partial charge in [-0.2, -0.15) is 0 Å². The molecule has 0 saturated heterocycles. The van der Waals surface area contributed by atoms with Gasteiger partial charge in [-0.15, -0.1) is 0 Å². The van der Waals surface area contributed by atoms with Crippen molar-refractivity contribution in [1.82, 2.24) is 0 Å². The Morgan fingerprint density at radius 3 is 2.67 bits per heavy atom. The van der Waals surface area contributed by atoms with Crippen LogP contribution in [-0.4, -0.2) is 11.7 Å². The van der Waals surface area contributed by atoms with E-state index in [1.165, 1.54) is 12.0 Å². The maximum absolute atomic E-state index is 8.66. The molecule has 0 aromatic rings. The molecule has 0 radical (unpaired) electrons. The SMILES string of the molecule is CC(C)=C[C@@H]1CC1CO. The lowest BCUT2D eigenvalue weighted by Gasteiger charge is -1.88. The molecule has 0 aliphatic heterocycles. The molecule has 0 aromatic carbocycles. The number of aliphatic hydroxyl groups excluding tert-OH is 1. The van der Waals surface area contributed by atoms with E-state index in [1.54, 1.807) is 0 Å². The van der Waals surface area contributed by atoms with E-state index < -0.39 is 0 Å². The summed E-state index contributed by atoms with van der Waals surface area (Å²) in [5.41, 5.74) is 1.37. The molecule has 0 aromatic heterocycles. The lowest BCUT2D eigenvalue weighted by Crippen LogP contribution is -1.85. The van der Waals surface area contributed by atoms with Crippen LogP contribution in [0.15, 0.2) is 11.6 Å². The van der Waals surface area contributed by atoms with Crippen LogP contribution >= 0.6 is 0 Å². The van der Waals surface area contributed by atoms with Gasteiger partial charge in [0.15, 0.2) is 0 Å². The van der Waals surface area contributed by atoms with Crippen LogP contribution in [0.5, 0.6) is 0 Å². The lowest BCUT2D eigenvalue weighted by molar-refractivity contribution is 0.272. The largest absolute Gasteiger partial charge is 0.396 e. The summed E-state index contributed by atoms with van der Waals surface area (Å²) in [5, 5.41) is 8.66. The minimum Gasteiger partial charge on any atom is -0.396 e. The molecule has 1 aliphatic rings. The maximum Gasteiger partial charge on any atom is 0.0465 e. The van der Waals surface area contributed by atoms with E-state index in [1.807, 2.05) is 0 Å². The normalized spacial score (nSPS) is 31.9. The number of rotatable bonds is 2. The Labute approximate surface area is 56.4 Å². The topological polar surface area (TPSA) is 20.2 Å². The molecule has 1 aliphatic carbocycles. The summed E-state index contributed by atoms with van der Waals surface area (Å²) in [6.45, 7) is 4.58. The van der Waals surface area contributed by atoms with E-state index in [-0.39, 0.29) is 0 Å². The summed E-state index contributed by atoms with van der Waals surface area (Å²) in [4.78, 5) is 0. The number of hydrogen-bond acceptors (Lipinski definition) is 1. The molecular weight excluding hydrogens is 112 g/mol. The molecule has 52 valence electrons. The highest BCUT2D eigenvalue weighted by Gasteiger charge is 2.33. The second kappa shape index (κ2) is 2.53. The molecule has 1 fully saturated rings. The average molecular weight is 126 g/mol. The van der Waals surface area contributed by atoms with E-state index >= 15 is 0 Å². The molecule has 1 nitrogen and oxygen atoms in total. The monoisotopic (exact) mass is 126 g/mol. The van der Waals surface area contributed by atoms with Gasteiger partial charge in [-0.25, -0.2) is 0 Å². The van der Waals surface area contributed by atoms with Crippen molar-refractivity contribution >= 4 is 0 Å². The summed E-state index contributed by atoms with van der Waals surface area (Å²) < 4.78 is 0. The zero-order valence-corrected chi connectivity index (χ0v) is 6.09. The molecule has 0 spiro atoms. The summed E-state index contributed by atoms with van der Waals surface area (Å²) >= 11 is 0. The number of aliphatic hydroxyl groups is 1. The molecule has 0 heterocycles. The van der Waals surface area contributed by atoms with Crippen LogP contribution in [0.2, 0.25) is 0 Å². The van der Waals surface area contributed by atoms with Gasteiger partial charge in [0.25, 0.3) is 0 Å². The second-order valence-electron chi connectivity index (χ2n) is 3.09. The smallest absolute Gasteiger partial charge is 0.0465 e. The quantitative estimate of drug-likeness (QED) is 0.557. The molecule has 1 rings (SSSR count). The van der Waals surface area contributed by atoms with E-state index in [2.05, 4.69) is 19.9 Å². The predicted molar refractivity (Wildman–Crippen MR) is 38.1 cm³/mol. The summed E-state index contributed by atoms with van der Waals surface area (Å²) in [6.07, 6.45) is 3.45. The van der Waals surface area contributed by atoms with Gasteiger partial charge in [0.1, 0.15) is 0 Å². The molecule has 9 heavy (non-hydrogen) atoms. The van der Waals surface area contributed by atoms with Crippen molar-refractivity contribution in [2.45, 2.75) is 20.3 Å². The fraction of sp³-hybridized carbons (Fsp3) is 0.750. The highest BCUT2D eigenvalue weighted by Crippen LogP contribution is 2.39. The maximum atomic E-state index is 8.66. The molecule has 0 bridgehead atoms. The first-order valence-electron chi connectivity index (χ1n) is 3.50. The van der Waals surface area contributed by atoms with Crippen LogP contribution in [0.1, 0.15) is 20.3 Å². The average Bonchev–Trinajstić information content (AvgIpc) is 2.45. The zero-order chi connectivity index (χ0) is 6.85. The Balaban J connectivity index is 2.27. The van der Waals surface area contributed by atoms with Gasteiger partial charge in [-0.3, -0.25) is 0 Å². The van der Waals surface area contributed by atoms with Gasteiger partial charge in [0.05, 0.1) is 0 Å². The van der Waals surface area contributed by atoms with Crippen LogP contribution in [0.4, 0.5) is 0 Å². The van der Waals surface area contributed by atoms with E-state index in [0.29, 0.717) is 18.4 Å². The highest BCUT2D eigenvalue weighted by atomic mass is 16.3. The van der Waals surface area contributed by atoms with E-state index in [4.69, 9.17) is 5.11 Å². The van der Waals surface area contributed by atoms with Gasteiger partial charge < -0.3 is 5.11 Å². The predicted octanol–water partition coefficient (Wildman–Crippen LogP) is 1.58. The zero-order valence-electron chi connectivity index (χ0n) is 6.09. The minimum atomic E-state index is 0.369. The van der Waals surface area contributed by atoms with Crippen molar-refractivity contribution in [3.05, 3.63) is 11.6 Å². The Hall–Kier alpha value is -0.300. The molecule has 1 unspecified atom stereocenters. The fourth-order valence-electron chi connectivity index (χ4n) is 1.11. The van der Waals surface area contributed by atoms with Crippen LogP contribution in [0.3, 0.4) is 0 Å². The van der Waals surface area contributed by atoms with Crippen molar-refractivity contribution in [2.24, 2.45) is 11.8 Å². The third-order valence-electron chi connectivity index (χ3n) is 1.76. The first-order chi connectivity index (χ1) is 4.24. The number of allylic oxidation sites excluding steroid dienone is 2. The van der Waals surface area contributed by atoms with Crippen LogP contribution in [-0.2, 0) is 0 Å². The van der Waals surface area contributed by atoms with Crippen LogP contribution < -0.4 is 0 Å².